The van der Waals surface area contributed by atoms with Crippen LogP contribution >= 0.6 is 0 Å². The summed E-state index contributed by atoms with van der Waals surface area (Å²) in [6, 6.07) is 12.0. The Labute approximate surface area is 200 Å². The van der Waals surface area contributed by atoms with Crippen LogP contribution in [0.25, 0.3) is 11.8 Å². The second-order valence-electron chi connectivity index (χ2n) is 9.85. The molecule has 5 rings (SSSR count). The van der Waals surface area contributed by atoms with Crippen LogP contribution in [-0.4, -0.2) is 26.7 Å². The zero-order valence-electron chi connectivity index (χ0n) is 19.8. The minimum atomic E-state index is -0.244. The van der Waals surface area contributed by atoms with Crippen molar-refractivity contribution in [3.63, 3.8) is 0 Å². The molecule has 1 N–H and O–H groups in total. The molecule has 3 atom stereocenters. The lowest BCUT2D eigenvalue weighted by Gasteiger charge is -2.37. The fourth-order valence-electron chi connectivity index (χ4n) is 5.80. The van der Waals surface area contributed by atoms with E-state index < -0.39 is 0 Å². The molecule has 1 fully saturated rings. The predicted octanol–water partition coefficient (Wildman–Crippen LogP) is 5.75. The number of benzene rings is 1. The van der Waals surface area contributed by atoms with Gasteiger partial charge in [0, 0.05) is 12.2 Å². The van der Waals surface area contributed by atoms with Gasteiger partial charge in [0.05, 0.1) is 17.6 Å². The van der Waals surface area contributed by atoms with Crippen LogP contribution in [0.15, 0.2) is 60.4 Å². The highest BCUT2D eigenvalue weighted by Crippen LogP contribution is 2.54. The number of aromatic nitrogens is 3. The van der Waals surface area contributed by atoms with E-state index in [4.69, 9.17) is 0 Å². The standard InChI is InChI=1S/C28H31FN4O/c1-3-6-23(32-27(34)25-7-4-5-14-30-25)15-20-8-9-21-16-26-19(17-28(20,21)2)18-31-33(26)24-12-10-22(29)11-13-24/h4-5,7,10-14,16,18,20,23H,3,6,8-9,15,17H2,1-2H3,(H,32,34). The number of halogens is 1. The maximum Gasteiger partial charge on any atom is 0.270 e. The molecule has 0 aliphatic heterocycles. The summed E-state index contributed by atoms with van der Waals surface area (Å²) >= 11 is 0. The van der Waals surface area contributed by atoms with E-state index in [1.54, 1.807) is 24.4 Å². The van der Waals surface area contributed by atoms with Gasteiger partial charge >= 0.3 is 0 Å². The Hall–Kier alpha value is -3.28. The van der Waals surface area contributed by atoms with Gasteiger partial charge in [-0.3, -0.25) is 9.78 Å². The van der Waals surface area contributed by atoms with Crippen LogP contribution in [0.2, 0.25) is 0 Å². The van der Waals surface area contributed by atoms with E-state index in [-0.39, 0.29) is 23.2 Å². The van der Waals surface area contributed by atoms with Gasteiger partial charge in [0.15, 0.2) is 0 Å². The molecule has 2 aromatic heterocycles. The largest absolute Gasteiger partial charge is 0.348 e. The molecule has 1 amide bonds. The molecule has 0 radical (unpaired) electrons. The molecular weight excluding hydrogens is 427 g/mol. The second kappa shape index (κ2) is 9.16. The smallest absolute Gasteiger partial charge is 0.270 e. The van der Waals surface area contributed by atoms with Gasteiger partial charge in [0.1, 0.15) is 11.5 Å². The molecule has 0 saturated heterocycles. The summed E-state index contributed by atoms with van der Waals surface area (Å²) in [5, 5.41) is 7.89. The van der Waals surface area contributed by atoms with Crippen LogP contribution in [0, 0.1) is 17.2 Å². The summed E-state index contributed by atoms with van der Waals surface area (Å²) in [5.41, 5.74) is 5.20. The minimum absolute atomic E-state index is 0.0609. The van der Waals surface area contributed by atoms with Crippen molar-refractivity contribution >= 4 is 12.0 Å². The number of amides is 1. The van der Waals surface area contributed by atoms with Gasteiger partial charge < -0.3 is 5.32 Å². The second-order valence-corrected chi connectivity index (χ2v) is 9.85. The number of nitrogens with one attached hydrogen (secondary N) is 1. The van der Waals surface area contributed by atoms with Gasteiger partial charge in [-0.25, -0.2) is 9.07 Å². The van der Waals surface area contributed by atoms with Crippen LogP contribution in [0.3, 0.4) is 0 Å². The van der Waals surface area contributed by atoms with Crippen molar-refractivity contribution in [2.45, 2.75) is 58.4 Å². The molecule has 1 aromatic carbocycles. The third-order valence-corrected chi connectivity index (χ3v) is 7.66. The summed E-state index contributed by atoms with van der Waals surface area (Å²) in [6.45, 7) is 4.54. The van der Waals surface area contributed by atoms with Crippen molar-refractivity contribution < 1.29 is 9.18 Å². The number of hydrogen-bond donors (Lipinski definition) is 1. The minimum Gasteiger partial charge on any atom is -0.348 e. The highest BCUT2D eigenvalue weighted by molar-refractivity contribution is 5.92. The highest BCUT2D eigenvalue weighted by atomic mass is 19.1. The van der Waals surface area contributed by atoms with E-state index in [9.17, 15) is 9.18 Å². The maximum absolute atomic E-state index is 13.4. The number of pyridine rings is 1. The zero-order valence-corrected chi connectivity index (χ0v) is 19.8. The van der Waals surface area contributed by atoms with Gasteiger partial charge in [0.2, 0.25) is 0 Å². The van der Waals surface area contributed by atoms with Crippen LogP contribution in [0.4, 0.5) is 4.39 Å². The molecule has 0 spiro atoms. The quantitative estimate of drug-likeness (QED) is 0.490. The SMILES string of the molecule is CCCC(CC1CCC2=Cc3c(cnn3-c3ccc(F)cc3)CC21C)NC(=O)c1ccccn1. The van der Waals surface area contributed by atoms with E-state index in [1.165, 1.54) is 23.3 Å². The Kier molecular flexibility index (Phi) is 6.07. The van der Waals surface area contributed by atoms with Gasteiger partial charge in [-0.15, -0.1) is 0 Å². The number of allylic oxidation sites excluding steroid dienone is 1. The van der Waals surface area contributed by atoms with Crippen molar-refractivity contribution in [1.82, 2.24) is 20.1 Å². The van der Waals surface area contributed by atoms with E-state index >= 15 is 0 Å². The van der Waals surface area contributed by atoms with Crippen molar-refractivity contribution in [2.75, 3.05) is 0 Å². The fourth-order valence-corrected chi connectivity index (χ4v) is 5.80. The summed E-state index contributed by atoms with van der Waals surface area (Å²) in [7, 11) is 0. The van der Waals surface area contributed by atoms with Crippen LogP contribution in [0.1, 0.15) is 67.7 Å². The molecule has 2 heterocycles. The number of carbonyl (C=O) groups is 1. The molecule has 2 aliphatic rings. The van der Waals surface area contributed by atoms with E-state index in [2.05, 4.69) is 35.3 Å². The first kappa shape index (κ1) is 22.5. The molecule has 176 valence electrons. The molecule has 3 aromatic rings. The van der Waals surface area contributed by atoms with Crippen molar-refractivity contribution in [3.05, 3.63) is 83.2 Å². The Morgan fingerprint density at radius 3 is 2.82 bits per heavy atom. The Balaban J connectivity index is 1.35. The molecule has 1 saturated carbocycles. The average molecular weight is 459 g/mol. The highest BCUT2D eigenvalue weighted by Gasteiger charge is 2.46. The number of fused-ring (bicyclic) bond motifs is 2. The van der Waals surface area contributed by atoms with Crippen molar-refractivity contribution in [2.24, 2.45) is 11.3 Å². The molecule has 34 heavy (non-hydrogen) atoms. The molecule has 6 heteroatoms. The first-order chi connectivity index (χ1) is 16.5. The van der Waals surface area contributed by atoms with E-state index in [1.807, 2.05) is 23.0 Å². The third kappa shape index (κ3) is 4.17. The third-order valence-electron chi connectivity index (χ3n) is 7.66. The fraction of sp³-hybridized carbons (Fsp3) is 0.393. The number of hydrogen-bond acceptors (Lipinski definition) is 3. The Morgan fingerprint density at radius 2 is 2.09 bits per heavy atom. The van der Waals surface area contributed by atoms with Gasteiger partial charge in [-0.1, -0.05) is 31.9 Å². The summed E-state index contributed by atoms with van der Waals surface area (Å²) in [4.78, 5) is 17.0. The normalized spacial score (nSPS) is 22.0. The average Bonchev–Trinajstić information content (AvgIpc) is 3.38. The van der Waals surface area contributed by atoms with E-state index in [0.717, 1.165) is 49.9 Å². The topological polar surface area (TPSA) is 59.8 Å². The molecule has 3 unspecified atom stereocenters. The van der Waals surface area contributed by atoms with Gasteiger partial charge in [-0.2, -0.15) is 5.10 Å². The maximum atomic E-state index is 13.4. The lowest BCUT2D eigenvalue weighted by molar-refractivity contribution is 0.0915. The van der Waals surface area contributed by atoms with Crippen LogP contribution < -0.4 is 5.32 Å². The zero-order chi connectivity index (χ0) is 23.7. The summed E-state index contributed by atoms with van der Waals surface area (Å²) in [6.07, 6.45) is 12.0. The lowest BCUT2D eigenvalue weighted by atomic mass is 9.68. The number of nitrogens with zero attached hydrogens (tertiary/aromatic N) is 3. The van der Waals surface area contributed by atoms with Crippen LogP contribution in [0.5, 0.6) is 0 Å². The number of carbonyl (C=O) groups excluding carboxylic acids is 1. The molecule has 2 aliphatic carbocycles. The van der Waals surface area contributed by atoms with Crippen LogP contribution in [-0.2, 0) is 6.42 Å². The first-order valence-electron chi connectivity index (χ1n) is 12.2. The first-order valence-corrected chi connectivity index (χ1v) is 12.2. The van der Waals surface area contributed by atoms with Gasteiger partial charge in [0.25, 0.3) is 5.91 Å². The lowest BCUT2D eigenvalue weighted by Crippen LogP contribution is -2.39. The summed E-state index contributed by atoms with van der Waals surface area (Å²) in [5.74, 6) is 0.150. The summed E-state index contributed by atoms with van der Waals surface area (Å²) < 4.78 is 15.3. The predicted molar refractivity (Wildman–Crippen MR) is 131 cm³/mol. The van der Waals surface area contributed by atoms with Crippen molar-refractivity contribution in [3.8, 4) is 5.69 Å². The van der Waals surface area contributed by atoms with Crippen molar-refractivity contribution in [1.29, 1.82) is 0 Å². The molecule has 0 bridgehead atoms. The van der Waals surface area contributed by atoms with E-state index in [0.29, 0.717) is 11.6 Å². The monoisotopic (exact) mass is 458 g/mol. The number of rotatable bonds is 7. The Morgan fingerprint density at radius 1 is 1.26 bits per heavy atom. The molecular formula is C28H31FN4O. The Bertz CT molecular complexity index is 1200. The van der Waals surface area contributed by atoms with Gasteiger partial charge in [-0.05, 0) is 91.5 Å². The molecule has 5 nitrogen and oxygen atoms in total.